The maximum absolute atomic E-state index is 12.3. The Morgan fingerprint density at radius 2 is 2.19 bits per heavy atom. The molecule has 0 saturated heterocycles. The molecule has 1 N–H and O–H groups in total. The van der Waals surface area contributed by atoms with Crippen molar-refractivity contribution in [3.05, 3.63) is 33.1 Å². The van der Waals surface area contributed by atoms with E-state index < -0.39 is 10.8 Å². The van der Waals surface area contributed by atoms with E-state index in [9.17, 15) is 14.9 Å². The van der Waals surface area contributed by atoms with Crippen LogP contribution in [0.25, 0.3) is 0 Å². The molecule has 0 spiro atoms. The number of carbonyl (C=O) groups is 1. The number of hydrogen-bond donors (Lipinski definition) is 1. The Kier molecular flexibility index (Phi) is 5.12. The van der Waals surface area contributed by atoms with Crippen LogP contribution in [0.1, 0.15) is 49.4 Å². The van der Waals surface area contributed by atoms with Crippen LogP contribution >= 0.6 is 11.6 Å². The van der Waals surface area contributed by atoms with Crippen LogP contribution in [0.4, 0.5) is 5.69 Å². The molecule has 7 heteroatoms. The quantitative estimate of drug-likeness (QED) is 0.401. The van der Waals surface area contributed by atoms with Gasteiger partial charge in [0, 0.05) is 6.04 Å². The maximum Gasteiger partial charge on any atom is 0.300 e. The third-order valence-electron chi connectivity index (χ3n) is 3.88. The van der Waals surface area contributed by atoms with Gasteiger partial charge in [0.2, 0.25) is 0 Å². The van der Waals surface area contributed by atoms with Crippen molar-refractivity contribution in [2.75, 3.05) is 0 Å². The predicted octanol–water partition coefficient (Wildman–Crippen LogP) is 3.34. The monoisotopic (exact) mass is 311 g/mol. The molecule has 0 radical (unpaired) electrons. The van der Waals surface area contributed by atoms with Gasteiger partial charge in [-0.1, -0.05) is 31.4 Å². The molecule has 0 aromatic carbocycles. The van der Waals surface area contributed by atoms with E-state index in [1.54, 1.807) is 0 Å². The van der Waals surface area contributed by atoms with Gasteiger partial charge in [0.05, 0.1) is 4.92 Å². The molecular weight excluding hydrogens is 294 g/mol. The van der Waals surface area contributed by atoms with E-state index >= 15 is 0 Å². The Morgan fingerprint density at radius 1 is 1.43 bits per heavy atom. The van der Waals surface area contributed by atoms with Crippen LogP contribution in [-0.2, 0) is 0 Å². The number of amides is 1. The van der Waals surface area contributed by atoms with Crippen molar-refractivity contribution in [2.45, 2.75) is 45.1 Å². The Labute approximate surface area is 128 Å². The first-order chi connectivity index (χ1) is 9.97. The van der Waals surface area contributed by atoms with Crippen LogP contribution in [0.3, 0.4) is 0 Å². The number of aromatic nitrogens is 1. The molecule has 1 aromatic rings. The molecule has 2 unspecified atom stereocenters. The Bertz CT molecular complexity index is 550. The molecular formula is C14H18ClN3O3. The molecule has 6 nitrogen and oxygen atoms in total. The van der Waals surface area contributed by atoms with E-state index in [1.165, 1.54) is 6.07 Å². The smallest absolute Gasteiger partial charge is 0.300 e. The Balaban J connectivity index is 2.13. The summed E-state index contributed by atoms with van der Waals surface area (Å²) < 4.78 is 0. The first kappa shape index (κ1) is 15.7. The van der Waals surface area contributed by atoms with Crippen molar-refractivity contribution < 1.29 is 9.72 Å². The molecule has 1 heterocycles. The van der Waals surface area contributed by atoms with Crippen molar-refractivity contribution in [3.8, 4) is 0 Å². The number of nitro groups is 1. The average Bonchev–Trinajstić information content (AvgIpc) is 2.63. The summed E-state index contributed by atoms with van der Waals surface area (Å²) in [6.07, 6.45) is 6.11. The molecule has 114 valence electrons. The van der Waals surface area contributed by atoms with Crippen LogP contribution in [0.2, 0.25) is 5.15 Å². The Morgan fingerprint density at radius 3 is 2.90 bits per heavy atom. The van der Waals surface area contributed by atoms with E-state index in [4.69, 9.17) is 11.6 Å². The van der Waals surface area contributed by atoms with E-state index in [2.05, 4.69) is 17.2 Å². The third-order valence-corrected chi connectivity index (χ3v) is 4.09. The predicted molar refractivity (Wildman–Crippen MR) is 79.4 cm³/mol. The topological polar surface area (TPSA) is 85.1 Å². The number of pyridine rings is 1. The van der Waals surface area contributed by atoms with Crippen LogP contribution in [-0.4, -0.2) is 21.9 Å². The minimum Gasteiger partial charge on any atom is -0.349 e. The van der Waals surface area contributed by atoms with Crippen molar-refractivity contribution in [3.63, 3.8) is 0 Å². The number of nitrogens with one attached hydrogen (secondary N) is 1. The highest BCUT2D eigenvalue weighted by molar-refractivity contribution is 6.29. The minimum atomic E-state index is -0.618. The summed E-state index contributed by atoms with van der Waals surface area (Å²) in [7, 11) is 0. The number of halogens is 1. The molecule has 2 atom stereocenters. The number of hydrogen-bond acceptors (Lipinski definition) is 4. The lowest BCUT2D eigenvalue weighted by Gasteiger charge is -2.16. The van der Waals surface area contributed by atoms with Gasteiger partial charge in [0.25, 0.3) is 11.6 Å². The molecule has 0 aliphatic heterocycles. The summed E-state index contributed by atoms with van der Waals surface area (Å²) in [5, 5.41) is 13.9. The number of rotatable bonds is 3. The van der Waals surface area contributed by atoms with Gasteiger partial charge in [-0.25, -0.2) is 4.98 Å². The van der Waals surface area contributed by atoms with Gasteiger partial charge < -0.3 is 5.32 Å². The summed E-state index contributed by atoms with van der Waals surface area (Å²) in [5.41, 5.74) is -0.351. The fourth-order valence-electron chi connectivity index (χ4n) is 2.64. The van der Waals surface area contributed by atoms with Crippen LogP contribution in [0, 0.1) is 16.0 Å². The van der Waals surface area contributed by atoms with Gasteiger partial charge in [-0.2, -0.15) is 0 Å². The summed E-state index contributed by atoms with van der Waals surface area (Å²) in [5.74, 6) is 0.210. The standard InChI is InChI=1S/C14H18ClN3O3/c1-9-3-2-4-10(6-5-9)17-14(19)11-7-13(15)16-8-12(11)18(20)21/h7-10H,2-6H2,1H3,(H,17,19). The van der Waals surface area contributed by atoms with Crippen LogP contribution in [0.5, 0.6) is 0 Å². The first-order valence-corrected chi connectivity index (χ1v) is 7.46. The van der Waals surface area contributed by atoms with E-state index in [0.29, 0.717) is 5.92 Å². The molecule has 1 fully saturated rings. The average molecular weight is 312 g/mol. The normalized spacial score (nSPS) is 22.4. The first-order valence-electron chi connectivity index (χ1n) is 7.08. The van der Waals surface area contributed by atoms with E-state index in [-0.39, 0.29) is 22.4 Å². The van der Waals surface area contributed by atoms with Gasteiger partial charge in [0.15, 0.2) is 0 Å². The van der Waals surface area contributed by atoms with Crippen molar-refractivity contribution in [2.24, 2.45) is 5.92 Å². The highest BCUT2D eigenvalue weighted by Gasteiger charge is 2.24. The van der Waals surface area contributed by atoms with Gasteiger partial charge in [0.1, 0.15) is 16.9 Å². The minimum absolute atomic E-state index is 0.0303. The van der Waals surface area contributed by atoms with Gasteiger partial charge >= 0.3 is 0 Å². The summed E-state index contributed by atoms with van der Waals surface area (Å²) in [6, 6.07) is 1.31. The third kappa shape index (κ3) is 4.14. The summed E-state index contributed by atoms with van der Waals surface area (Å²) in [4.78, 5) is 26.3. The van der Waals surface area contributed by atoms with Gasteiger partial charge in [-0.15, -0.1) is 0 Å². The lowest BCUT2D eigenvalue weighted by molar-refractivity contribution is -0.385. The molecule has 0 bridgehead atoms. The fourth-order valence-corrected chi connectivity index (χ4v) is 2.80. The van der Waals surface area contributed by atoms with Gasteiger partial charge in [-0.05, 0) is 31.2 Å². The second kappa shape index (κ2) is 6.85. The largest absolute Gasteiger partial charge is 0.349 e. The molecule has 1 aromatic heterocycles. The molecule has 21 heavy (non-hydrogen) atoms. The number of carbonyl (C=O) groups excluding carboxylic acids is 1. The van der Waals surface area contributed by atoms with Crippen molar-refractivity contribution in [1.29, 1.82) is 0 Å². The molecule has 1 aliphatic rings. The molecule has 2 rings (SSSR count). The molecule has 1 amide bonds. The van der Waals surface area contributed by atoms with Crippen LogP contribution in [0.15, 0.2) is 12.3 Å². The zero-order chi connectivity index (χ0) is 15.4. The summed E-state index contributed by atoms with van der Waals surface area (Å²) >= 11 is 5.74. The lowest BCUT2D eigenvalue weighted by atomic mass is 10.0. The summed E-state index contributed by atoms with van der Waals surface area (Å²) in [6.45, 7) is 2.21. The highest BCUT2D eigenvalue weighted by Crippen LogP contribution is 2.24. The second-order valence-electron chi connectivity index (χ2n) is 5.57. The molecule has 1 aliphatic carbocycles. The van der Waals surface area contributed by atoms with Crippen molar-refractivity contribution >= 4 is 23.2 Å². The molecule has 1 saturated carbocycles. The maximum atomic E-state index is 12.3. The van der Waals surface area contributed by atoms with Gasteiger partial charge in [-0.3, -0.25) is 14.9 Å². The fraction of sp³-hybridized carbons (Fsp3) is 0.571. The second-order valence-corrected chi connectivity index (χ2v) is 5.95. The van der Waals surface area contributed by atoms with Crippen LogP contribution < -0.4 is 5.32 Å². The number of nitrogens with zero attached hydrogens (tertiary/aromatic N) is 2. The lowest BCUT2D eigenvalue weighted by Crippen LogP contribution is -2.34. The van der Waals surface area contributed by atoms with E-state index in [1.807, 2.05) is 0 Å². The zero-order valence-corrected chi connectivity index (χ0v) is 12.6. The Hall–Kier alpha value is -1.69. The van der Waals surface area contributed by atoms with Crippen molar-refractivity contribution in [1.82, 2.24) is 10.3 Å². The van der Waals surface area contributed by atoms with E-state index in [0.717, 1.165) is 38.3 Å². The highest BCUT2D eigenvalue weighted by atomic mass is 35.5. The zero-order valence-electron chi connectivity index (χ0n) is 11.8. The SMILES string of the molecule is CC1CCCC(NC(=O)c2cc(Cl)ncc2[N+](=O)[O-])CC1.